The number of rotatable bonds is 8. The van der Waals surface area contributed by atoms with Gasteiger partial charge < -0.3 is 40.3 Å². The lowest BCUT2D eigenvalue weighted by Gasteiger charge is -2.24. The predicted octanol–water partition coefficient (Wildman–Crippen LogP) is -1.24. The van der Waals surface area contributed by atoms with Crippen LogP contribution in [0.15, 0.2) is 12.7 Å². The third kappa shape index (κ3) is 5.58. The van der Waals surface area contributed by atoms with Gasteiger partial charge in [0.2, 0.25) is 0 Å². The highest BCUT2D eigenvalue weighted by Crippen LogP contribution is 2.66. The van der Waals surface area contributed by atoms with E-state index in [2.05, 4.69) is 28.1 Å². The smallest absolute Gasteiger partial charge is 0.387 e. The maximum atomic E-state index is 12.0. The molecule has 180 valence electrons. The van der Waals surface area contributed by atoms with E-state index in [0.717, 1.165) is 13.3 Å². The SMILES string of the molecule is C[C@H](OP(=O)(O)OP(=O)(O)OP(=O)(O)O)C1OC(n2cnc3c(N)ncnc32)C(O)C1O. The minimum atomic E-state index is -5.73. The molecule has 1 aliphatic heterocycles. The standard InChI is InChI=1S/C11H18N5O13P3/c1-4(27-31(22,23)29-32(24,25)28-30(19,20)21)8-6(17)7(18)11(26-8)16-3-15-5-9(12)13-2-14-10(5)16/h2-4,6-8,11,17-18H,1H3,(H,22,23)(H,24,25)(H2,12,13,14)(H2,19,20,21)/t4-,6?,7?,8?,11?/m0/s1. The van der Waals surface area contributed by atoms with E-state index >= 15 is 0 Å². The number of nitrogen functional groups attached to an aromatic ring is 1. The molecule has 1 fully saturated rings. The fourth-order valence-electron chi connectivity index (χ4n) is 2.93. The number of anilines is 1. The fourth-order valence-corrected chi connectivity index (χ4v) is 6.13. The van der Waals surface area contributed by atoms with E-state index < -0.39 is 54.1 Å². The number of nitrogens with zero attached hydrogens (tertiary/aromatic N) is 4. The molecular weight excluding hydrogens is 503 g/mol. The Labute approximate surface area is 178 Å². The number of aromatic nitrogens is 4. The van der Waals surface area contributed by atoms with Crippen LogP contribution < -0.4 is 5.73 Å². The Bertz CT molecular complexity index is 1140. The second kappa shape index (κ2) is 8.77. The number of aliphatic hydroxyl groups excluding tert-OH is 2. The van der Waals surface area contributed by atoms with E-state index in [1.807, 2.05) is 0 Å². The van der Waals surface area contributed by atoms with Crippen molar-refractivity contribution in [2.45, 2.75) is 37.6 Å². The van der Waals surface area contributed by atoms with Crippen molar-refractivity contribution in [3.8, 4) is 0 Å². The van der Waals surface area contributed by atoms with Crippen LogP contribution in [0, 0.1) is 0 Å². The maximum absolute atomic E-state index is 12.0. The molecule has 18 nitrogen and oxygen atoms in total. The van der Waals surface area contributed by atoms with Gasteiger partial charge in [0.25, 0.3) is 0 Å². The first kappa shape index (κ1) is 25.3. The first-order chi connectivity index (χ1) is 14.6. The van der Waals surface area contributed by atoms with Gasteiger partial charge in [-0.2, -0.15) is 8.62 Å². The lowest BCUT2D eigenvalue weighted by molar-refractivity contribution is -0.0755. The van der Waals surface area contributed by atoms with Gasteiger partial charge >= 0.3 is 23.5 Å². The molecule has 7 atom stereocenters. The lowest BCUT2D eigenvalue weighted by atomic mass is 10.1. The molecule has 0 bridgehead atoms. The molecule has 1 saturated heterocycles. The summed E-state index contributed by atoms with van der Waals surface area (Å²) in [6.45, 7) is 1.09. The summed E-state index contributed by atoms with van der Waals surface area (Å²) in [6, 6.07) is 0. The monoisotopic (exact) mass is 521 g/mol. The molecule has 8 N–H and O–H groups in total. The Morgan fingerprint density at radius 2 is 1.72 bits per heavy atom. The molecule has 0 aromatic carbocycles. The summed E-state index contributed by atoms with van der Waals surface area (Å²) >= 11 is 0. The minimum absolute atomic E-state index is 0.0411. The van der Waals surface area contributed by atoms with E-state index in [1.54, 1.807) is 0 Å². The zero-order valence-corrected chi connectivity index (χ0v) is 18.5. The molecule has 0 saturated carbocycles. The number of nitrogens with two attached hydrogens (primary N) is 1. The molecule has 3 heterocycles. The summed E-state index contributed by atoms with van der Waals surface area (Å²) in [6.07, 6.45) is -5.34. The van der Waals surface area contributed by atoms with Gasteiger partial charge in [-0.15, -0.1) is 0 Å². The molecule has 3 rings (SSSR count). The second-order valence-corrected chi connectivity index (χ2v) is 10.8. The number of fused-ring (bicyclic) bond motifs is 1. The van der Waals surface area contributed by atoms with Crippen molar-refractivity contribution in [3.63, 3.8) is 0 Å². The molecule has 0 radical (unpaired) electrons. The molecule has 2 aromatic rings. The molecule has 0 spiro atoms. The molecule has 21 heteroatoms. The van der Waals surface area contributed by atoms with Crippen LogP contribution in [0.2, 0.25) is 0 Å². The highest BCUT2D eigenvalue weighted by atomic mass is 31.3. The molecule has 6 unspecified atom stereocenters. The fraction of sp³-hybridized carbons (Fsp3) is 0.545. The Hall–Kier alpha value is -1.36. The average molecular weight is 521 g/mol. The van der Waals surface area contributed by atoms with Crippen LogP contribution in [0.4, 0.5) is 5.82 Å². The quantitative estimate of drug-likeness (QED) is 0.200. The third-order valence-electron chi connectivity index (χ3n) is 4.11. The Morgan fingerprint density at radius 3 is 2.34 bits per heavy atom. The van der Waals surface area contributed by atoms with Gasteiger partial charge in [-0.1, -0.05) is 0 Å². The van der Waals surface area contributed by atoms with Crippen LogP contribution in [0.3, 0.4) is 0 Å². The molecule has 0 amide bonds. The van der Waals surface area contributed by atoms with Crippen molar-refractivity contribution in [1.29, 1.82) is 0 Å². The van der Waals surface area contributed by atoms with E-state index in [0.29, 0.717) is 0 Å². The first-order valence-corrected chi connectivity index (χ1v) is 12.9. The summed E-state index contributed by atoms with van der Waals surface area (Å²) in [5, 5.41) is 20.7. The highest BCUT2D eigenvalue weighted by Gasteiger charge is 2.49. The molecule has 1 aliphatic rings. The van der Waals surface area contributed by atoms with Crippen LogP contribution in [-0.4, -0.2) is 73.7 Å². The van der Waals surface area contributed by atoms with Crippen molar-refractivity contribution >= 4 is 40.4 Å². The number of aliphatic hydroxyl groups is 2. The number of phosphoric acid groups is 3. The zero-order chi connectivity index (χ0) is 24.1. The summed E-state index contributed by atoms with van der Waals surface area (Å²) in [5.41, 5.74) is 6.02. The van der Waals surface area contributed by atoms with Crippen molar-refractivity contribution in [1.82, 2.24) is 19.5 Å². The Balaban J connectivity index is 1.75. The Kier molecular flexibility index (Phi) is 6.93. The van der Waals surface area contributed by atoms with Gasteiger partial charge in [0.15, 0.2) is 17.7 Å². The zero-order valence-electron chi connectivity index (χ0n) is 15.8. The topological polar surface area (TPSA) is 279 Å². The van der Waals surface area contributed by atoms with Gasteiger partial charge in [-0.25, -0.2) is 28.6 Å². The van der Waals surface area contributed by atoms with Crippen LogP contribution >= 0.6 is 23.5 Å². The van der Waals surface area contributed by atoms with Gasteiger partial charge in [0.05, 0.1) is 12.4 Å². The van der Waals surface area contributed by atoms with Crippen LogP contribution in [0.5, 0.6) is 0 Å². The first-order valence-electron chi connectivity index (χ1n) is 8.37. The number of ether oxygens (including phenoxy) is 1. The van der Waals surface area contributed by atoms with Gasteiger partial charge in [0, 0.05) is 0 Å². The molecule has 2 aromatic heterocycles. The summed E-state index contributed by atoms with van der Waals surface area (Å²) in [4.78, 5) is 47.7. The Morgan fingerprint density at radius 1 is 1.06 bits per heavy atom. The van der Waals surface area contributed by atoms with Gasteiger partial charge in [-0.05, 0) is 6.92 Å². The number of phosphoric ester groups is 1. The van der Waals surface area contributed by atoms with Crippen LogP contribution in [0.1, 0.15) is 13.2 Å². The highest BCUT2D eigenvalue weighted by molar-refractivity contribution is 7.66. The summed E-state index contributed by atoms with van der Waals surface area (Å²) in [7, 11) is -16.8. The summed E-state index contributed by atoms with van der Waals surface area (Å²) in [5.74, 6) is 0.0411. The number of hydrogen-bond donors (Lipinski definition) is 7. The molecular formula is C11H18N5O13P3. The largest absolute Gasteiger partial charge is 0.490 e. The third-order valence-corrected chi connectivity index (χ3v) is 8.04. The number of hydrogen-bond acceptors (Lipinski definition) is 13. The van der Waals surface area contributed by atoms with Crippen molar-refractivity contribution < 1.29 is 61.4 Å². The molecule has 32 heavy (non-hydrogen) atoms. The van der Waals surface area contributed by atoms with Gasteiger partial charge in [0.1, 0.15) is 30.2 Å². The minimum Gasteiger partial charge on any atom is -0.387 e. The normalized spacial score (nSPS) is 29.0. The van der Waals surface area contributed by atoms with Gasteiger partial charge in [-0.3, -0.25) is 9.09 Å². The van der Waals surface area contributed by atoms with Crippen molar-refractivity contribution in [3.05, 3.63) is 12.7 Å². The van der Waals surface area contributed by atoms with E-state index in [-0.39, 0.29) is 17.0 Å². The van der Waals surface area contributed by atoms with Crippen molar-refractivity contribution in [2.75, 3.05) is 5.73 Å². The predicted molar refractivity (Wildman–Crippen MR) is 100 cm³/mol. The molecule has 0 aliphatic carbocycles. The average Bonchev–Trinajstić information content (AvgIpc) is 3.14. The lowest BCUT2D eigenvalue weighted by Crippen LogP contribution is -2.38. The maximum Gasteiger partial charge on any atom is 0.490 e. The van der Waals surface area contributed by atoms with Crippen LogP contribution in [0.25, 0.3) is 11.2 Å². The van der Waals surface area contributed by atoms with E-state index in [9.17, 15) is 33.7 Å². The van der Waals surface area contributed by atoms with E-state index in [1.165, 1.54) is 10.9 Å². The van der Waals surface area contributed by atoms with Crippen molar-refractivity contribution in [2.24, 2.45) is 0 Å². The second-order valence-electron chi connectivity index (χ2n) is 6.46. The number of imidazole rings is 1. The summed E-state index contributed by atoms with van der Waals surface area (Å²) < 4.78 is 52.7. The van der Waals surface area contributed by atoms with E-state index in [4.69, 9.17) is 20.3 Å². The van der Waals surface area contributed by atoms with Crippen LogP contribution in [-0.2, 0) is 31.6 Å².